The second kappa shape index (κ2) is 6.10. The molecule has 0 aromatic carbocycles. The third kappa shape index (κ3) is 2.85. The summed E-state index contributed by atoms with van der Waals surface area (Å²) in [5, 5.41) is 9.85. The fourth-order valence-electron chi connectivity index (χ4n) is 2.91. The normalized spacial score (nSPS) is 18.2. The van der Waals surface area contributed by atoms with Crippen molar-refractivity contribution in [1.29, 1.82) is 0 Å². The Balaban J connectivity index is 1.53. The summed E-state index contributed by atoms with van der Waals surface area (Å²) in [5.74, 6) is 0.0899. The number of anilines is 1. The number of nitrogens with zero attached hydrogens (tertiary/aromatic N) is 2. The molecule has 1 fully saturated rings. The molecule has 1 unspecified atom stereocenters. The number of aromatic nitrogens is 3. The smallest absolute Gasteiger partial charge is 0.230 e. The molecule has 1 aliphatic rings. The number of carbonyl (C=O) groups excluding carboxylic acids is 1. The summed E-state index contributed by atoms with van der Waals surface area (Å²) in [7, 11) is 0. The number of nitrogens with one attached hydrogen (secondary N) is 3. The molecule has 0 aliphatic carbocycles. The minimum absolute atomic E-state index is 0.0355. The Morgan fingerprint density at radius 2 is 2.39 bits per heavy atom. The van der Waals surface area contributed by atoms with E-state index in [2.05, 4.69) is 25.6 Å². The molecule has 3 aromatic rings. The quantitative estimate of drug-likeness (QED) is 0.690. The van der Waals surface area contributed by atoms with Crippen molar-refractivity contribution in [3.05, 3.63) is 29.9 Å². The van der Waals surface area contributed by atoms with Crippen LogP contribution in [0.5, 0.6) is 0 Å². The fourth-order valence-corrected chi connectivity index (χ4v) is 3.62. The fraction of sp³-hybridized carbons (Fsp3) is 0.312. The molecule has 6 nitrogen and oxygen atoms in total. The van der Waals surface area contributed by atoms with Gasteiger partial charge in [0.05, 0.1) is 11.6 Å². The summed E-state index contributed by atoms with van der Waals surface area (Å²) in [5.41, 5.74) is 2.70. The van der Waals surface area contributed by atoms with E-state index in [1.54, 1.807) is 6.20 Å². The number of rotatable bonds is 3. The highest BCUT2D eigenvalue weighted by molar-refractivity contribution is 7.14. The van der Waals surface area contributed by atoms with Gasteiger partial charge in [-0.1, -0.05) is 0 Å². The van der Waals surface area contributed by atoms with Crippen LogP contribution in [0.25, 0.3) is 22.3 Å². The molecule has 1 amide bonds. The van der Waals surface area contributed by atoms with Gasteiger partial charge in [0.25, 0.3) is 0 Å². The lowest BCUT2D eigenvalue weighted by molar-refractivity contribution is -0.120. The molecule has 118 valence electrons. The van der Waals surface area contributed by atoms with Crippen LogP contribution in [0.1, 0.15) is 12.8 Å². The van der Waals surface area contributed by atoms with Gasteiger partial charge in [-0.3, -0.25) is 4.79 Å². The van der Waals surface area contributed by atoms with Crippen LogP contribution in [0.4, 0.5) is 5.13 Å². The average Bonchev–Trinajstić information content (AvgIpc) is 3.22. The van der Waals surface area contributed by atoms with E-state index >= 15 is 0 Å². The molecule has 0 bridgehead atoms. The van der Waals surface area contributed by atoms with E-state index in [9.17, 15) is 4.79 Å². The molecule has 0 saturated carbocycles. The molecule has 0 radical (unpaired) electrons. The van der Waals surface area contributed by atoms with Crippen LogP contribution in [-0.4, -0.2) is 33.9 Å². The van der Waals surface area contributed by atoms with Gasteiger partial charge in [0.1, 0.15) is 5.65 Å². The van der Waals surface area contributed by atoms with Crippen molar-refractivity contribution in [3.8, 4) is 11.3 Å². The van der Waals surface area contributed by atoms with Crippen molar-refractivity contribution in [2.45, 2.75) is 12.8 Å². The number of H-pyrrole nitrogens is 1. The number of aromatic amines is 1. The Morgan fingerprint density at radius 3 is 3.26 bits per heavy atom. The zero-order valence-electron chi connectivity index (χ0n) is 12.5. The van der Waals surface area contributed by atoms with Crippen LogP contribution in [0.3, 0.4) is 0 Å². The van der Waals surface area contributed by atoms with Crippen LogP contribution in [0.15, 0.2) is 29.9 Å². The summed E-state index contributed by atoms with van der Waals surface area (Å²) in [6, 6.07) is 3.92. The van der Waals surface area contributed by atoms with Crippen molar-refractivity contribution in [2.75, 3.05) is 18.4 Å². The number of pyridine rings is 1. The van der Waals surface area contributed by atoms with Crippen molar-refractivity contribution < 1.29 is 4.79 Å². The van der Waals surface area contributed by atoms with Gasteiger partial charge in [0.15, 0.2) is 5.13 Å². The van der Waals surface area contributed by atoms with E-state index in [0.717, 1.165) is 48.2 Å². The Kier molecular flexibility index (Phi) is 3.80. The zero-order chi connectivity index (χ0) is 15.6. The number of piperidine rings is 1. The van der Waals surface area contributed by atoms with E-state index in [1.807, 2.05) is 23.7 Å². The van der Waals surface area contributed by atoms with Gasteiger partial charge in [-0.05, 0) is 31.5 Å². The molecule has 1 aliphatic heterocycles. The molecule has 1 saturated heterocycles. The average molecular weight is 327 g/mol. The van der Waals surface area contributed by atoms with Crippen LogP contribution in [0.2, 0.25) is 0 Å². The number of hydrogen-bond acceptors (Lipinski definition) is 5. The SMILES string of the molecule is O=C(Nc1nc(-c2c[nH]c3ncccc23)cs1)C1CCCNC1. The van der Waals surface area contributed by atoms with Crippen molar-refractivity contribution in [1.82, 2.24) is 20.3 Å². The van der Waals surface area contributed by atoms with Gasteiger partial charge in [-0.2, -0.15) is 0 Å². The second-order valence-corrected chi connectivity index (χ2v) is 6.53. The molecular formula is C16H17N5OS. The Bertz CT molecular complexity index is 834. The summed E-state index contributed by atoms with van der Waals surface area (Å²) in [4.78, 5) is 24.3. The van der Waals surface area contributed by atoms with E-state index < -0.39 is 0 Å². The molecule has 3 aromatic heterocycles. The number of hydrogen-bond donors (Lipinski definition) is 3. The van der Waals surface area contributed by atoms with E-state index in [0.29, 0.717) is 5.13 Å². The number of fused-ring (bicyclic) bond motifs is 1. The monoisotopic (exact) mass is 327 g/mol. The van der Waals surface area contributed by atoms with Gasteiger partial charge >= 0.3 is 0 Å². The molecular weight excluding hydrogens is 310 g/mol. The van der Waals surface area contributed by atoms with Crippen molar-refractivity contribution in [3.63, 3.8) is 0 Å². The molecule has 3 N–H and O–H groups in total. The highest BCUT2D eigenvalue weighted by Gasteiger charge is 2.22. The van der Waals surface area contributed by atoms with E-state index in [1.165, 1.54) is 11.3 Å². The summed E-state index contributed by atoms with van der Waals surface area (Å²) >= 11 is 1.45. The van der Waals surface area contributed by atoms with Crippen LogP contribution >= 0.6 is 11.3 Å². The maximum Gasteiger partial charge on any atom is 0.230 e. The number of thiazole rings is 1. The minimum atomic E-state index is 0.0355. The standard InChI is InChI=1S/C16H17N5OS/c22-15(10-3-1-5-17-7-10)21-16-20-13(9-23-16)12-8-19-14-11(12)4-2-6-18-14/h2,4,6,8-10,17H,1,3,5,7H2,(H,18,19)(H,20,21,22). The Hall–Kier alpha value is -2.25. The first-order chi connectivity index (χ1) is 11.3. The number of amides is 1. The first-order valence-electron chi connectivity index (χ1n) is 7.71. The summed E-state index contributed by atoms with van der Waals surface area (Å²) < 4.78 is 0. The van der Waals surface area contributed by atoms with Gasteiger partial charge in [0, 0.05) is 35.3 Å². The first-order valence-corrected chi connectivity index (χ1v) is 8.59. The van der Waals surface area contributed by atoms with Gasteiger partial charge in [0.2, 0.25) is 5.91 Å². The molecule has 0 spiro atoms. The Labute approximate surface area is 137 Å². The van der Waals surface area contributed by atoms with Crippen molar-refractivity contribution >= 4 is 33.4 Å². The molecule has 4 rings (SSSR count). The summed E-state index contributed by atoms with van der Waals surface area (Å²) in [6.07, 6.45) is 5.64. The van der Waals surface area contributed by atoms with Gasteiger partial charge in [-0.15, -0.1) is 11.3 Å². The van der Waals surface area contributed by atoms with Crippen LogP contribution in [0, 0.1) is 5.92 Å². The second-order valence-electron chi connectivity index (χ2n) is 5.67. The zero-order valence-corrected chi connectivity index (χ0v) is 13.3. The third-order valence-electron chi connectivity index (χ3n) is 4.13. The number of carbonyl (C=O) groups is 1. The maximum absolute atomic E-state index is 12.3. The predicted octanol–water partition coefficient (Wildman–Crippen LogP) is 2.62. The highest BCUT2D eigenvalue weighted by atomic mass is 32.1. The van der Waals surface area contributed by atoms with Gasteiger partial charge in [-0.25, -0.2) is 9.97 Å². The lowest BCUT2D eigenvalue weighted by Crippen LogP contribution is -2.37. The largest absolute Gasteiger partial charge is 0.345 e. The molecule has 1 atom stereocenters. The van der Waals surface area contributed by atoms with Crippen molar-refractivity contribution in [2.24, 2.45) is 5.92 Å². The van der Waals surface area contributed by atoms with Gasteiger partial charge < -0.3 is 15.6 Å². The molecule has 7 heteroatoms. The first kappa shape index (κ1) is 14.3. The predicted molar refractivity (Wildman–Crippen MR) is 91.4 cm³/mol. The molecule has 23 heavy (non-hydrogen) atoms. The topological polar surface area (TPSA) is 82.7 Å². The third-order valence-corrected chi connectivity index (χ3v) is 4.89. The van der Waals surface area contributed by atoms with Crippen LogP contribution < -0.4 is 10.6 Å². The minimum Gasteiger partial charge on any atom is -0.345 e. The Morgan fingerprint density at radius 1 is 1.43 bits per heavy atom. The maximum atomic E-state index is 12.3. The van der Waals surface area contributed by atoms with E-state index in [-0.39, 0.29) is 11.8 Å². The lowest BCUT2D eigenvalue weighted by atomic mass is 9.99. The molecule has 4 heterocycles. The summed E-state index contributed by atoms with van der Waals surface area (Å²) in [6.45, 7) is 1.75. The van der Waals surface area contributed by atoms with Crippen LogP contribution in [-0.2, 0) is 4.79 Å². The highest BCUT2D eigenvalue weighted by Crippen LogP contribution is 2.30. The van der Waals surface area contributed by atoms with E-state index in [4.69, 9.17) is 0 Å². The lowest BCUT2D eigenvalue weighted by Gasteiger charge is -2.21.